The molecule has 45 valence electrons. The summed E-state index contributed by atoms with van der Waals surface area (Å²) in [4.78, 5) is 0. The lowest BCUT2D eigenvalue weighted by molar-refractivity contribution is 1.24. The molecule has 0 amide bonds. The van der Waals surface area contributed by atoms with Crippen LogP contribution in [0, 0.1) is 17.8 Å². The average Bonchev–Trinajstić information content (AvgIpc) is 1.89. The van der Waals surface area contributed by atoms with Crippen LogP contribution < -0.4 is 0 Å². The zero-order valence-electron chi connectivity index (χ0n) is 4.76. The molecule has 1 aliphatic carbocycles. The summed E-state index contributed by atoms with van der Waals surface area (Å²) in [5, 5.41) is 8.45. The lowest BCUT2D eigenvalue weighted by Crippen LogP contribution is -1.85. The molecule has 0 atom stereocenters. The van der Waals surface area contributed by atoms with E-state index in [1.807, 2.05) is 18.6 Å². The number of rotatable bonds is 0. The first kappa shape index (κ1) is 6.57. The number of allylic oxidation sites excluding steroid dienone is 4. The molecule has 2 heteroatoms. The van der Waals surface area contributed by atoms with Gasteiger partial charge in [-0.05, 0) is 12.5 Å². The Labute approximate surface area is 62.8 Å². The molecule has 0 saturated heterocycles. The first-order valence-electron chi connectivity index (χ1n) is 2.64. The van der Waals surface area contributed by atoms with E-state index in [1.165, 1.54) is 0 Å². The van der Waals surface area contributed by atoms with Gasteiger partial charge in [0.15, 0.2) is 0 Å². The summed E-state index contributed by atoms with van der Waals surface area (Å²) in [5.74, 6) is 0. The van der Waals surface area contributed by atoms with E-state index in [0.717, 1.165) is 10.9 Å². The Morgan fingerprint density at radius 3 is 2.89 bits per heavy atom. The summed E-state index contributed by atoms with van der Waals surface area (Å²) in [6.45, 7) is 0. The van der Waals surface area contributed by atoms with Gasteiger partial charge in [0.1, 0.15) is 0 Å². The van der Waals surface area contributed by atoms with E-state index in [4.69, 9.17) is 5.26 Å². The van der Waals surface area contributed by atoms with Crippen LogP contribution in [0.5, 0.6) is 0 Å². The lowest BCUT2D eigenvalue weighted by atomic mass is 10.1. The Kier molecular flexibility index (Phi) is 2.07. The minimum absolute atomic E-state index is 0.709. The van der Waals surface area contributed by atoms with Gasteiger partial charge in [0, 0.05) is 10.9 Å². The summed E-state index contributed by atoms with van der Waals surface area (Å²) >= 11 is 3.27. The Morgan fingerprint density at radius 2 is 2.44 bits per heavy atom. The van der Waals surface area contributed by atoms with Crippen molar-refractivity contribution in [3.05, 3.63) is 28.6 Å². The van der Waals surface area contributed by atoms with Crippen LogP contribution in [0.2, 0.25) is 0 Å². The molecule has 1 radical (unpaired) electrons. The van der Waals surface area contributed by atoms with Gasteiger partial charge in [0.2, 0.25) is 0 Å². The molecule has 0 bridgehead atoms. The SMILES string of the molecule is N#CC1=C(Br)[CH]CC=C1. The molecule has 1 nitrogen and oxygen atoms in total. The van der Waals surface area contributed by atoms with Crippen LogP contribution in [-0.2, 0) is 0 Å². The Balaban J connectivity index is 2.88. The summed E-state index contributed by atoms with van der Waals surface area (Å²) < 4.78 is 0.910. The molecule has 1 rings (SSSR count). The number of nitrogens with zero attached hydrogens (tertiary/aromatic N) is 1. The second kappa shape index (κ2) is 2.84. The zero-order valence-corrected chi connectivity index (χ0v) is 6.35. The molecular formula is C7H5BrN. The lowest BCUT2D eigenvalue weighted by Gasteiger charge is -2.01. The van der Waals surface area contributed by atoms with Gasteiger partial charge in [-0.15, -0.1) is 0 Å². The highest BCUT2D eigenvalue weighted by Gasteiger charge is 2.02. The third-order valence-electron chi connectivity index (χ3n) is 1.10. The number of hydrogen-bond acceptors (Lipinski definition) is 1. The molecule has 0 aromatic rings. The van der Waals surface area contributed by atoms with Gasteiger partial charge >= 0.3 is 0 Å². The minimum atomic E-state index is 0.709. The quantitative estimate of drug-likeness (QED) is 0.565. The van der Waals surface area contributed by atoms with Crippen molar-refractivity contribution in [2.24, 2.45) is 0 Å². The van der Waals surface area contributed by atoms with Gasteiger partial charge in [-0.3, -0.25) is 0 Å². The maximum Gasteiger partial charge on any atom is 0.1000 e. The van der Waals surface area contributed by atoms with E-state index in [-0.39, 0.29) is 0 Å². The molecule has 0 N–H and O–H groups in total. The first-order valence-corrected chi connectivity index (χ1v) is 3.43. The van der Waals surface area contributed by atoms with Gasteiger partial charge in [-0.2, -0.15) is 5.26 Å². The summed E-state index contributed by atoms with van der Waals surface area (Å²) in [6, 6.07) is 2.07. The fourth-order valence-electron chi connectivity index (χ4n) is 0.638. The summed E-state index contributed by atoms with van der Waals surface area (Å²) in [6.07, 6.45) is 6.68. The van der Waals surface area contributed by atoms with Crippen molar-refractivity contribution < 1.29 is 0 Å². The highest BCUT2D eigenvalue weighted by Crippen LogP contribution is 2.21. The van der Waals surface area contributed by atoms with Crippen molar-refractivity contribution >= 4 is 15.9 Å². The van der Waals surface area contributed by atoms with Gasteiger partial charge in [-0.25, -0.2) is 0 Å². The third-order valence-corrected chi connectivity index (χ3v) is 1.85. The highest BCUT2D eigenvalue weighted by atomic mass is 79.9. The largest absolute Gasteiger partial charge is 0.192 e. The number of nitriles is 1. The topological polar surface area (TPSA) is 23.8 Å². The molecule has 0 aromatic carbocycles. The molecule has 0 saturated carbocycles. The average molecular weight is 183 g/mol. The molecule has 0 fully saturated rings. The predicted molar refractivity (Wildman–Crippen MR) is 39.6 cm³/mol. The summed E-state index contributed by atoms with van der Waals surface area (Å²) in [7, 11) is 0. The smallest absolute Gasteiger partial charge is 0.1000 e. The maximum absolute atomic E-state index is 8.45. The van der Waals surface area contributed by atoms with Gasteiger partial charge in [0.25, 0.3) is 0 Å². The van der Waals surface area contributed by atoms with Crippen LogP contribution in [-0.4, -0.2) is 0 Å². The van der Waals surface area contributed by atoms with Crippen LogP contribution in [0.25, 0.3) is 0 Å². The fraction of sp³-hybridized carbons (Fsp3) is 0.143. The van der Waals surface area contributed by atoms with E-state index < -0.39 is 0 Å². The van der Waals surface area contributed by atoms with E-state index in [0.29, 0.717) is 5.57 Å². The van der Waals surface area contributed by atoms with Crippen LogP contribution in [0.4, 0.5) is 0 Å². The van der Waals surface area contributed by atoms with Crippen LogP contribution in [0.3, 0.4) is 0 Å². The minimum Gasteiger partial charge on any atom is -0.192 e. The van der Waals surface area contributed by atoms with E-state index in [1.54, 1.807) is 0 Å². The molecule has 0 aliphatic heterocycles. The number of halogens is 1. The Hall–Kier alpha value is -0.550. The van der Waals surface area contributed by atoms with Crippen molar-refractivity contribution in [3.8, 4) is 6.07 Å². The van der Waals surface area contributed by atoms with E-state index >= 15 is 0 Å². The van der Waals surface area contributed by atoms with E-state index in [2.05, 4.69) is 22.0 Å². The molecule has 1 aliphatic rings. The standard InChI is InChI=1S/C7H5BrN/c8-7-4-2-1-3-6(7)5-9/h1,3-4H,2H2. The predicted octanol–water partition coefficient (Wildman–Crippen LogP) is 2.32. The van der Waals surface area contributed by atoms with Crippen molar-refractivity contribution in [2.45, 2.75) is 6.42 Å². The maximum atomic E-state index is 8.45. The van der Waals surface area contributed by atoms with Gasteiger partial charge < -0.3 is 0 Å². The second-order valence-corrected chi connectivity index (χ2v) is 2.57. The molecule has 0 unspecified atom stereocenters. The Bertz CT molecular complexity index is 207. The second-order valence-electron chi connectivity index (χ2n) is 1.72. The fourth-order valence-corrected chi connectivity index (χ4v) is 1.05. The molecule has 0 heterocycles. The highest BCUT2D eigenvalue weighted by molar-refractivity contribution is 9.11. The Morgan fingerprint density at radius 1 is 1.67 bits per heavy atom. The van der Waals surface area contributed by atoms with E-state index in [9.17, 15) is 0 Å². The monoisotopic (exact) mass is 182 g/mol. The first-order chi connectivity index (χ1) is 4.34. The molecule has 0 spiro atoms. The van der Waals surface area contributed by atoms with Crippen LogP contribution >= 0.6 is 15.9 Å². The third kappa shape index (κ3) is 1.43. The van der Waals surface area contributed by atoms with Crippen molar-refractivity contribution in [2.75, 3.05) is 0 Å². The molecule has 9 heavy (non-hydrogen) atoms. The van der Waals surface area contributed by atoms with Gasteiger partial charge in [-0.1, -0.05) is 22.0 Å². The summed E-state index contributed by atoms with van der Waals surface area (Å²) in [5.41, 5.74) is 0.709. The van der Waals surface area contributed by atoms with Crippen molar-refractivity contribution in [3.63, 3.8) is 0 Å². The molecular weight excluding hydrogens is 178 g/mol. The molecule has 0 aromatic heterocycles. The zero-order chi connectivity index (χ0) is 6.69. The van der Waals surface area contributed by atoms with Crippen LogP contribution in [0.1, 0.15) is 6.42 Å². The normalized spacial score (nSPS) is 17.8. The van der Waals surface area contributed by atoms with Crippen molar-refractivity contribution in [1.29, 1.82) is 5.26 Å². The number of hydrogen-bond donors (Lipinski definition) is 0. The van der Waals surface area contributed by atoms with Crippen LogP contribution in [0.15, 0.2) is 22.2 Å². The van der Waals surface area contributed by atoms with Crippen molar-refractivity contribution in [1.82, 2.24) is 0 Å². The van der Waals surface area contributed by atoms with Gasteiger partial charge in [0.05, 0.1) is 11.6 Å².